The van der Waals surface area contributed by atoms with Crippen LogP contribution in [0.5, 0.6) is 40.2 Å². The molecule has 3 heterocycles. The Morgan fingerprint density at radius 3 is 2.37 bits per heavy atom. The van der Waals surface area contributed by atoms with Crippen molar-refractivity contribution in [3.05, 3.63) is 70.4 Å². The first kappa shape index (κ1) is 34.1. The molecule has 0 radical (unpaired) electrons. The number of phenolic OH excluding ortho intramolecular Hbond substituents is 2. The third kappa shape index (κ3) is 6.28. The SMILES string of the molecule is COc1cc(C2Oc3cc(C4Oc5cc(O)cc(O)c5C(=O)C4O)ccc3OC2CO)ccc1OC1CCC(C)(C(=O)OC(C)(C)C)N1[O-]. The molecule has 0 bridgehead atoms. The first-order chi connectivity index (χ1) is 23.1. The number of esters is 1. The topological polar surface area (TPSA) is 197 Å². The molecule has 14 nitrogen and oxygen atoms in total. The number of nitrogens with zero attached hydrogens (tertiary/aromatic N) is 1. The van der Waals surface area contributed by atoms with Crippen molar-refractivity contribution in [2.75, 3.05) is 13.7 Å². The van der Waals surface area contributed by atoms with Gasteiger partial charge < -0.3 is 59.1 Å². The van der Waals surface area contributed by atoms with Gasteiger partial charge in [0.1, 0.15) is 40.2 Å². The number of ketones is 1. The Hall–Kier alpha value is -4.76. The fraction of sp³-hybridized carbons (Fsp3) is 0.429. The Labute approximate surface area is 281 Å². The maximum Gasteiger partial charge on any atom is 0.325 e. The second-order valence-corrected chi connectivity index (χ2v) is 13.4. The van der Waals surface area contributed by atoms with E-state index in [9.17, 15) is 35.2 Å². The summed E-state index contributed by atoms with van der Waals surface area (Å²) < 4.78 is 35.3. The van der Waals surface area contributed by atoms with Gasteiger partial charge in [-0.05, 0) is 70.4 Å². The van der Waals surface area contributed by atoms with E-state index < -0.39 is 65.9 Å². The van der Waals surface area contributed by atoms with Crippen LogP contribution in [0.25, 0.3) is 0 Å². The molecule has 6 rings (SSSR count). The highest BCUT2D eigenvalue weighted by molar-refractivity contribution is 6.05. The van der Waals surface area contributed by atoms with Crippen molar-refractivity contribution in [1.82, 2.24) is 5.06 Å². The molecule has 0 aromatic heterocycles. The number of methoxy groups -OCH3 is 1. The molecule has 0 aliphatic carbocycles. The number of fused-ring (bicyclic) bond motifs is 2. The fourth-order valence-electron chi connectivity index (χ4n) is 6.15. The number of phenols is 2. The molecule has 0 saturated carbocycles. The largest absolute Gasteiger partial charge is 0.782 e. The monoisotopic (exact) mass is 680 g/mol. The molecule has 6 atom stereocenters. The number of carbonyl (C=O) groups excluding carboxylic acids is 2. The van der Waals surface area contributed by atoms with Gasteiger partial charge >= 0.3 is 5.97 Å². The predicted molar refractivity (Wildman–Crippen MR) is 171 cm³/mol. The number of rotatable bonds is 7. The standard InChI is InChI=1S/C35H38NO13/c1-34(2,3)49-33(42)35(4)11-10-27(36(35)43)46-21-8-6-17(12-23(21)44-5)31-26(16-37)45-22-9-7-18(13-24(22)47-31)32-30(41)29(40)28-20(39)14-19(38)15-25(28)48-32/h6-9,12-15,26-27,30-32,37-39,41H,10-11,16H2,1-5H3/q-1. The van der Waals surface area contributed by atoms with Crippen LogP contribution in [0.2, 0.25) is 0 Å². The van der Waals surface area contributed by atoms with Crippen molar-refractivity contribution in [3.8, 4) is 40.2 Å². The molecule has 3 aromatic rings. The third-order valence-corrected chi connectivity index (χ3v) is 8.71. The Kier molecular flexibility index (Phi) is 8.77. The molecule has 1 fully saturated rings. The van der Waals surface area contributed by atoms with Gasteiger partial charge in [0.05, 0.1) is 13.7 Å². The lowest BCUT2D eigenvalue weighted by Crippen LogP contribution is -2.51. The zero-order valence-corrected chi connectivity index (χ0v) is 27.5. The third-order valence-electron chi connectivity index (χ3n) is 8.71. The zero-order valence-electron chi connectivity index (χ0n) is 27.5. The van der Waals surface area contributed by atoms with Gasteiger partial charge in [-0.25, -0.2) is 0 Å². The summed E-state index contributed by atoms with van der Waals surface area (Å²) in [6.45, 7) is 6.32. The number of Topliss-reactive ketones (excluding diaryl/α,β-unsaturated/α-hetero) is 1. The highest BCUT2D eigenvalue weighted by atomic mass is 16.6. The van der Waals surface area contributed by atoms with Crippen molar-refractivity contribution in [2.45, 2.75) is 82.3 Å². The molecule has 4 N–H and O–H groups in total. The van der Waals surface area contributed by atoms with Crippen molar-refractivity contribution in [2.24, 2.45) is 0 Å². The van der Waals surface area contributed by atoms with Crippen molar-refractivity contribution in [3.63, 3.8) is 0 Å². The van der Waals surface area contributed by atoms with Gasteiger partial charge in [-0.15, -0.1) is 0 Å². The summed E-state index contributed by atoms with van der Waals surface area (Å²) in [6, 6.07) is 11.7. The lowest BCUT2D eigenvalue weighted by atomic mass is 9.92. The van der Waals surface area contributed by atoms with Crippen LogP contribution in [0, 0.1) is 5.21 Å². The van der Waals surface area contributed by atoms with Crippen molar-refractivity contribution < 1.29 is 58.4 Å². The van der Waals surface area contributed by atoms with Crippen LogP contribution in [-0.2, 0) is 9.53 Å². The van der Waals surface area contributed by atoms with Crippen molar-refractivity contribution in [1.29, 1.82) is 0 Å². The Bertz CT molecular complexity index is 1770. The molecule has 3 aliphatic heterocycles. The molecule has 1 saturated heterocycles. The van der Waals surface area contributed by atoms with Crippen LogP contribution < -0.4 is 23.7 Å². The van der Waals surface area contributed by atoms with E-state index in [1.165, 1.54) is 26.2 Å². The maximum atomic E-state index is 13.3. The minimum atomic E-state index is -1.67. The van der Waals surface area contributed by atoms with E-state index in [4.69, 9.17) is 28.4 Å². The summed E-state index contributed by atoms with van der Waals surface area (Å²) in [5.74, 6) is -1.30. The fourth-order valence-corrected chi connectivity index (χ4v) is 6.15. The summed E-state index contributed by atoms with van der Waals surface area (Å²) in [6.07, 6.45) is -5.05. The van der Waals surface area contributed by atoms with E-state index >= 15 is 0 Å². The van der Waals surface area contributed by atoms with E-state index in [1.54, 1.807) is 51.1 Å². The van der Waals surface area contributed by atoms with Gasteiger partial charge in [0.15, 0.2) is 47.4 Å². The van der Waals surface area contributed by atoms with Crippen LogP contribution in [-0.4, -0.2) is 80.5 Å². The van der Waals surface area contributed by atoms with E-state index in [1.807, 2.05) is 0 Å². The number of hydrogen-bond donors (Lipinski definition) is 4. The number of ether oxygens (including phenoxy) is 6. The number of aromatic hydroxyl groups is 2. The average molecular weight is 681 g/mol. The first-order valence-corrected chi connectivity index (χ1v) is 15.7. The molecule has 3 aromatic carbocycles. The lowest BCUT2D eigenvalue weighted by molar-refractivity contribution is -0.167. The second-order valence-electron chi connectivity index (χ2n) is 13.4. The van der Waals surface area contributed by atoms with E-state index in [2.05, 4.69) is 0 Å². The molecule has 0 amide bonds. The van der Waals surface area contributed by atoms with Gasteiger partial charge in [-0.1, -0.05) is 12.1 Å². The average Bonchev–Trinajstić information content (AvgIpc) is 3.34. The highest BCUT2D eigenvalue weighted by Gasteiger charge is 2.47. The Balaban J connectivity index is 1.23. The minimum Gasteiger partial charge on any atom is -0.782 e. The van der Waals surface area contributed by atoms with E-state index in [0.717, 1.165) is 6.07 Å². The van der Waals surface area contributed by atoms with Crippen LogP contribution in [0.3, 0.4) is 0 Å². The number of benzene rings is 3. The van der Waals surface area contributed by atoms with Gasteiger partial charge in [-0.3, -0.25) is 9.59 Å². The van der Waals surface area contributed by atoms with Gasteiger partial charge in [0.2, 0.25) is 5.78 Å². The zero-order chi connectivity index (χ0) is 35.4. The smallest absolute Gasteiger partial charge is 0.325 e. The van der Waals surface area contributed by atoms with Gasteiger partial charge in [0.25, 0.3) is 0 Å². The normalized spacial score (nSPS) is 26.4. The van der Waals surface area contributed by atoms with Crippen molar-refractivity contribution >= 4 is 11.8 Å². The number of aliphatic hydroxyl groups is 2. The maximum absolute atomic E-state index is 13.3. The summed E-state index contributed by atoms with van der Waals surface area (Å²) in [7, 11) is 1.43. The molecule has 49 heavy (non-hydrogen) atoms. The van der Waals surface area contributed by atoms with Gasteiger partial charge in [-0.2, -0.15) is 0 Å². The van der Waals surface area contributed by atoms with Crippen LogP contribution in [0.4, 0.5) is 0 Å². The summed E-state index contributed by atoms with van der Waals surface area (Å²) in [5.41, 5.74) is -1.54. The first-order valence-electron chi connectivity index (χ1n) is 15.7. The predicted octanol–water partition coefficient (Wildman–Crippen LogP) is 4.06. The molecule has 6 unspecified atom stereocenters. The molecule has 3 aliphatic rings. The van der Waals surface area contributed by atoms with Crippen LogP contribution >= 0.6 is 0 Å². The van der Waals surface area contributed by atoms with Gasteiger partial charge in [0, 0.05) is 17.7 Å². The lowest BCUT2D eigenvalue weighted by Gasteiger charge is -2.42. The number of hydrogen-bond acceptors (Lipinski definition) is 14. The molecule has 262 valence electrons. The highest BCUT2D eigenvalue weighted by Crippen LogP contribution is 2.46. The Morgan fingerprint density at radius 2 is 1.67 bits per heavy atom. The Morgan fingerprint density at radius 1 is 0.980 bits per heavy atom. The molecular weight excluding hydrogens is 642 g/mol. The quantitative estimate of drug-likeness (QED) is 0.261. The summed E-state index contributed by atoms with van der Waals surface area (Å²) in [4.78, 5) is 25.8. The second kappa shape index (κ2) is 12.6. The minimum absolute atomic E-state index is 0.0903. The molecule has 0 spiro atoms. The molecule has 14 heteroatoms. The van der Waals surface area contributed by atoms with Crippen LogP contribution in [0.15, 0.2) is 48.5 Å². The van der Waals surface area contributed by atoms with E-state index in [0.29, 0.717) is 21.9 Å². The number of carbonyl (C=O) groups is 2. The number of hydroxylamine groups is 2. The molecular formula is C35H38NO13-. The number of aliphatic hydroxyl groups excluding tert-OH is 2. The summed E-state index contributed by atoms with van der Waals surface area (Å²) >= 11 is 0. The van der Waals surface area contributed by atoms with E-state index in [-0.39, 0.29) is 47.2 Å². The summed E-state index contributed by atoms with van der Waals surface area (Å²) in [5, 5.41) is 55.0. The van der Waals surface area contributed by atoms with Crippen LogP contribution in [0.1, 0.15) is 74.2 Å².